The lowest BCUT2D eigenvalue weighted by Gasteiger charge is -2.34. The molecule has 0 radical (unpaired) electrons. The molecule has 2 aromatic carbocycles. The van der Waals surface area contributed by atoms with E-state index in [9.17, 15) is 0 Å². The Hall–Kier alpha value is -1.90. The molecule has 2 aromatic rings. The number of nitrogens with one attached hydrogen (secondary N) is 1. The molecule has 22 heavy (non-hydrogen) atoms. The summed E-state index contributed by atoms with van der Waals surface area (Å²) in [6, 6.07) is 20.9. The molecule has 0 bridgehead atoms. The summed E-state index contributed by atoms with van der Waals surface area (Å²) in [5.74, 6) is 0. The number of ether oxygens (including phenoxy) is 1. The lowest BCUT2D eigenvalue weighted by Crippen LogP contribution is -2.34. The maximum Gasteiger partial charge on any atom is 0.119 e. The summed E-state index contributed by atoms with van der Waals surface area (Å²) in [4.78, 5) is 0. The fourth-order valence-electron chi connectivity index (χ4n) is 2.78. The van der Waals surface area contributed by atoms with E-state index < -0.39 is 5.60 Å². The van der Waals surface area contributed by atoms with Crippen LogP contribution in [0.4, 0.5) is 0 Å². The van der Waals surface area contributed by atoms with Crippen LogP contribution in [0.3, 0.4) is 0 Å². The van der Waals surface area contributed by atoms with E-state index in [2.05, 4.69) is 66.0 Å². The third-order valence-electron chi connectivity index (χ3n) is 3.98. The van der Waals surface area contributed by atoms with Crippen molar-refractivity contribution in [2.45, 2.75) is 18.9 Å². The van der Waals surface area contributed by atoms with Gasteiger partial charge in [-0.3, -0.25) is 0 Å². The third kappa shape index (κ3) is 3.85. The van der Waals surface area contributed by atoms with Gasteiger partial charge in [-0.1, -0.05) is 72.8 Å². The Labute approximate surface area is 133 Å². The van der Waals surface area contributed by atoms with Gasteiger partial charge < -0.3 is 10.1 Å². The van der Waals surface area contributed by atoms with Crippen molar-refractivity contribution in [1.29, 1.82) is 0 Å². The first-order valence-electron chi connectivity index (χ1n) is 7.81. The van der Waals surface area contributed by atoms with Crippen LogP contribution in [-0.4, -0.2) is 20.2 Å². The second-order valence-electron chi connectivity index (χ2n) is 5.29. The molecule has 0 aliphatic carbocycles. The second kappa shape index (κ2) is 8.52. The van der Waals surface area contributed by atoms with Gasteiger partial charge in [0.2, 0.25) is 0 Å². The number of methoxy groups -OCH3 is 1. The van der Waals surface area contributed by atoms with E-state index in [1.54, 1.807) is 7.11 Å². The zero-order chi connectivity index (χ0) is 15.7. The van der Waals surface area contributed by atoms with Crippen LogP contribution in [0.5, 0.6) is 0 Å². The van der Waals surface area contributed by atoms with Crippen molar-refractivity contribution in [2.75, 3.05) is 20.2 Å². The van der Waals surface area contributed by atoms with Gasteiger partial charge in [0.25, 0.3) is 0 Å². The van der Waals surface area contributed by atoms with Crippen molar-refractivity contribution in [3.05, 3.63) is 83.9 Å². The van der Waals surface area contributed by atoms with Crippen molar-refractivity contribution in [1.82, 2.24) is 5.32 Å². The Balaban J connectivity index is 2.27. The second-order valence-corrected chi connectivity index (χ2v) is 5.29. The van der Waals surface area contributed by atoms with Crippen LogP contribution in [0.2, 0.25) is 0 Å². The SMILES string of the molecule is CC=CCNCCC(OC)(c1ccccc1)c1ccccc1. The van der Waals surface area contributed by atoms with E-state index in [0.717, 1.165) is 19.5 Å². The monoisotopic (exact) mass is 295 g/mol. The van der Waals surface area contributed by atoms with E-state index in [1.165, 1.54) is 11.1 Å². The van der Waals surface area contributed by atoms with Crippen molar-refractivity contribution in [3.63, 3.8) is 0 Å². The van der Waals surface area contributed by atoms with Crippen LogP contribution >= 0.6 is 0 Å². The molecule has 2 rings (SSSR count). The predicted molar refractivity (Wildman–Crippen MR) is 93.0 cm³/mol. The highest BCUT2D eigenvalue weighted by Crippen LogP contribution is 2.36. The van der Waals surface area contributed by atoms with Crippen molar-refractivity contribution >= 4 is 0 Å². The lowest BCUT2D eigenvalue weighted by atomic mass is 9.83. The van der Waals surface area contributed by atoms with E-state index >= 15 is 0 Å². The first-order valence-corrected chi connectivity index (χ1v) is 7.81. The Morgan fingerprint density at radius 3 is 1.95 bits per heavy atom. The van der Waals surface area contributed by atoms with Crippen molar-refractivity contribution < 1.29 is 4.74 Å². The van der Waals surface area contributed by atoms with E-state index in [-0.39, 0.29) is 0 Å². The summed E-state index contributed by atoms with van der Waals surface area (Å²) >= 11 is 0. The zero-order valence-corrected chi connectivity index (χ0v) is 13.5. The van der Waals surface area contributed by atoms with Gasteiger partial charge in [0, 0.05) is 13.7 Å². The van der Waals surface area contributed by atoms with Gasteiger partial charge in [-0.05, 0) is 31.0 Å². The maximum atomic E-state index is 6.06. The molecule has 2 nitrogen and oxygen atoms in total. The van der Waals surface area contributed by atoms with Crippen LogP contribution in [0.1, 0.15) is 24.5 Å². The highest BCUT2D eigenvalue weighted by atomic mass is 16.5. The Morgan fingerprint density at radius 1 is 0.955 bits per heavy atom. The average molecular weight is 295 g/mol. The van der Waals surface area contributed by atoms with Crippen LogP contribution in [-0.2, 0) is 10.3 Å². The van der Waals surface area contributed by atoms with Gasteiger partial charge >= 0.3 is 0 Å². The normalized spacial score (nSPS) is 11.9. The number of benzene rings is 2. The predicted octanol–water partition coefficient (Wildman–Crippen LogP) is 4.13. The summed E-state index contributed by atoms with van der Waals surface area (Å²) in [7, 11) is 1.80. The number of hydrogen-bond acceptors (Lipinski definition) is 2. The molecule has 0 unspecified atom stereocenters. The molecular formula is C20H25NO. The summed E-state index contributed by atoms with van der Waals surface area (Å²) in [5, 5.41) is 3.45. The van der Waals surface area contributed by atoms with Crippen LogP contribution in [0, 0.1) is 0 Å². The molecular weight excluding hydrogens is 270 g/mol. The zero-order valence-electron chi connectivity index (χ0n) is 13.5. The topological polar surface area (TPSA) is 21.3 Å². The maximum absolute atomic E-state index is 6.06. The molecule has 0 aliphatic rings. The molecule has 0 saturated heterocycles. The van der Waals surface area contributed by atoms with Gasteiger partial charge in [0.15, 0.2) is 0 Å². The minimum atomic E-state index is -0.411. The van der Waals surface area contributed by atoms with E-state index in [1.807, 2.05) is 19.1 Å². The smallest absolute Gasteiger partial charge is 0.119 e. The highest BCUT2D eigenvalue weighted by molar-refractivity contribution is 5.36. The first kappa shape index (κ1) is 16.5. The van der Waals surface area contributed by atoms with Crippen LogP contribution in [0.25, 0.3) is 0 Å². The minimum absolute atomic E-state index is 0.411. The molecule has 2 heteroatoms. The lowest BCUT2D eigenvalue weighted by molar-refractivity contribution is 0.0149. The number of rotatable bonds is 8. The minimum Gasteiger partial charge on any atom is -0.369 e. The van der Waals surface area contributed by atoms with Crippen molar-refractivity contribution in [2.24, 2.45) is 0 Å². The Bertz CT molecular complexity index is 523. The molecule has 0 fully saturated rings. The highest BCUT2D eigenvalue weighted by Gasteiger charge is 2.33. The first-order chi connectivity index (χ1) is 10.8. The number of hydrogen-bond donors (Lipinski definition) is 1. The standard InChI is InChI=1S/C20H25NO/c1-3-4-16-21-17-15-20(22-2,18-11-7-5-8-12-18)19-13-9-6-10-14-19/h3-14,21H,15-17H2,1-2H3. The third-order valence-corrected chi connectivity index (χ3v) is 3.98. The summed E-state index contributed by atoms with van der Waals surface area (Å²) in [6.07, 6.45) is 5.07. The van der Waals surface area contributed by atoms with Crippen LogP contribution in [0.15, 0.2) is 72.8 Å². The fraction of sp³-hybridized carbons (Fsp3) is 0.300. The van der Waals surface area contributed by atoms with Gasteiger partial charge in [-0.15, -0.1) is 0 Å². The Kier molecular flexibility index (Phi) is 6.38. The van der Waals surface area contributed by atoms with Gasteiger partial charge in [-0.25, -0.2) is 0 Å². The average Bonchev–Trinajstić information content (AvgIpc) is 2.60. The molecule has 0 aromatic heterocycles. The molecule has 0 atom stereocenters. The largest absolute Gasteiger partial charge is 0.369 e. The molecule has 0 saturated carbocycles. The van der Waals surface area contributed by atoms with E-state index in [4.69, 9.17) is 4.74 Å². The molecule has 0 spiro atoms. The van der Waals surface area contributed by atoms with Gasteiger partial charge in [0.1, 0.15) is 5.60 Å². The van der Waals surface area contributed by atoms with Gasteiger partial charge in [-0.2, -0.15) is 0 Å². The summed E-state index contributed by atoms with van der Waals surface area (Å²) < 4.78 is 6.06. The van der Waals surface area contributed by atoms with Crippen molar-refractivity contribution in [3.8, 4) is 0 Å². The molecule has 1 N–H and O–H groups in total. The molecule has 0 aliphatic heterocycles. The molecule has 116 valence electrons. The van der Waals surface area contributed by atoms with Crippen LogP contribution < -0.4 is 5.32 Å². The summed E-state index contributed by atoms with van der Waals surface area (Å²) in [5.41, 5.74) is 1.97. The number of allylic oxidation sites excluding steroid dienone is 1. The summed E-state index contributed by atoms with van der Waals surface area (Å²) in [6.45, 7) is 3.82. The quantitative estimate of drug-likeness (QED) is 0.584. The van der Waals surface area contributed by atoms with Gasteiger partial charge in [0.05, 0.1) is 0 Å². The Morgan fingerprint density at radius 2 is 1.50 bits per heavy atom. The fourth-order valence-corrected chi connectivity index (χ4v) is 2.78. The van der Waals surface area contributed by atoms with E-state index in [0.29, 0.717) is 0 Å². The molecule has 0 heterocycles. The molecule has 0 amide bonds.